The number of aromatic nitrogens is 3. The van der Waals surface area contributed by atoms with Gasteiger partial charge in [-0.2, -0.15) is 5.10 Å². The molecule has 0 amide bonds. The van der Waals surface area contributed by atoms with Crippen LogP contribution in [0.5, 0.6) is 0 Å². The van der Waals surface area contributed by atoms with Crippen molar-refractivity contribution in [3.05, 3.63) is 47.0 Å². The maximum atomic E-state index is 4.47. The summed E-state index contributed by atoms with van der Waals surface area (Å²) in [7, 11) is 0. The monoisotopic (exact) mass is 286 g/mol. The fourth-order valence-corrected chi connectivity index (χ4v) is 2.55. The maximum absolute atomic E-state index is 4.47. The van der Waals surface area contributed by atoms with Crippen molar-refractivity contribution < 1.29 is 0 Å². The normalized spacial score (nSPS) is 12.9. The molecule has 0 bridgehead atoms. The minimum absolute atomic E-state index is 0.260. The van der Waals surface area contributed by atoms with Gasteiger partial charge in [0.05, 0.1) is 12.6 Å². The third-order valence-corrected chi connectivity index (χ3v) is 3.77. The molecule has 114 valence electrons. The zero-order valence-electron chi connectivity index (χ0n) is 13.7. The van der Waals surface area contributed by atoms with E-state index in [9.17, 15) is 0 Å². The molecule has 0 aliphatic heterocycles. The standard InChI is InChI=1S/C17H26N4/c1-6-18-17(11-21-14(5)19-13(4)20-21)16-9-7-15(8-10-16)12(2)3/h7-10,12,17-18H,6,11H2,1-5H3. The Morgan fingerprint density at radius 1 is 1.10 bits per heavy atom. The first kappa shape index (κ1) is 15.7. The molecule has 0 fully saturated rings. The molecular formula is C17H26N4. The van der Waals surface area contributed by atoms with E-state index in [1.54, 1.807) is 0 Å². The van der Waals surface area contributed by atoms with Crippen LogP contribution in [0.2, 0.25) is 0 Å². The van der Waals surface area contributed by atoms with E-state index in [2.05, 4.69) is 60.4 Å². The van der Waals surface area contributed by atoms with Crippen molar-refractivity contribution in [3.63, 3.8) is 0 Å². The maximum Gasteiger partial charge on any atom is 0.147 e. The lowest BCUT2D eigenvalue weighted by molar-refractivity contribution is 0.440. The summed E-state index contributed by atoms with van der Waals surface area (Å²) in [5.41, 5.74) is 2.68. The summed E-state index contributed by atoms with van der Waals surface area (Å²) in [6, 6.07) is 9.16. The Kier molecular flexibility index (Phi) is 5.12. The average molecular weight is 286 g/mol. The number of likely N-dealkylation sites (N-methyl/N-ethyl adjacent to an activating group) is 1. The molecule has 4 nitrogen and oxygen atoms in total. The van der Waals surface area contributed by atoms with Crippen LogP contribution in [-0.2, 0) is 6.54 Å². The first-order valence-electron chi connectivity index (χ1n) is 7.72. The van der Waals surface area contributed by atoms with Crippen LogP contribution in [0.1, 0.15) is 55.5 Å². The Morgan fingerprint density at radius 2 is 1.71 bits per heavy atom. The molecule has 1 unspecified atom stereocenters. The first-order chi connectivity index (χ1) is 10.0. The van der Waals surface area contributed by atoms with Crippen molar-refractivity contribution in [2.24, 2.45) is 0 Å². The molecule has 0 aliphatic rings. The molecule has 0 saturated carbocycles. The largest absolute Gasteiger partial charge is 0.309 e. The van der Waals surface area contributed by atoms with Crippen LogP contribution in [0.15, 0.2) is 24.3 Å². The van der Waals surface area contributed by atoms with Gasteiger partial charge < -0.3 is 5.32 Å². The van der Waals surface area contributed by atoms with Crippen LogP contribution < -0.4 is 5.32 Å². The number of hydrogen-bond acceptors (Lipinski definition) is 3. The fourth-order valence-electron chi connectivity index (χ4n) is 2.55. The lowest BCUT2D eigenvalue weighted by Gasteiger charge is -2.19. The van der Waals surface area contributed by atoms with Gasteiger partial charge in [0.1, 0.15) is 11.6 Å². The molecule has 1 aromatic heterocycles. The van der Waals surface area contributed by atoms with Crippen molar-refractivity contribution in [1.29, 1.82) is 0 Å². The summed E-state index contributed by atoms with van der Waals surface area (Å²) < 4.78 is 1.99. The third-order valence-electron chi connectivity index (χ3n) is 3.77. The molecule has 2 rings (SSSR count). The van der Waals surface area contributed by atoms with Gasteiger partial charge in [0.2, 0.25) is 0 Å². The first-order valence-corrected chi connectivity index (χ1v) is 7.72. The molecule has 4 heteroatoms. The molecule has 1 N–H and O–H groups in total. The van der Waals surface area contributed by atoms with Gasteiger partial charge in [0.25, 0.3) is 0 Å². The molecule has 0 aliphatic carbocycles. The van der Waals surface area contributed by atoms with Crippen molar-refractivity contribution in [2.75, 3.05) is 6.54 Å². The second-order valence-electron chi connectivity index (χ2n) is 5.82. The van der Waals surface area contributed by atoms with E-state index in [4.69, 9.17) is 0 Å². The summed E-state index contributed by atoms with van der Waals surface area (Å²) in [4.78, 5) is 4.38. The fraction of sp³-hybridized carbons (Fsp3) is 0.529. The number of nitrogens with zero attached hydrogens (tertiary/aromatic N) is 3. The molecule has 2 aromatic rings. The van der Waals surface area contributed by atoms with Crippen molar-refractivity contribution >= 4 is 0 Å². The van der Waals surface area contributed by atoms with Crippen LogP contribution in [-0.4, -0.2) is 21.3 Å². The number of rotatable bonds is 6. The van der Waals surface area contributed by atoms with Crippen molar-refractivity contribution in [1.82, 2.24) is 20.1 Å². The number of hydrogen-bond donors (Lipinski definition) is 1. The van der Waals surface area contributed by atoms with E-state index < -0.39 is 0 Å². The van der Waals surface area contributed by atoms with Crippen LogP contribution in [0.25, 0.3) is 0 Å². The minimum atomic E-state index is 0.260. The van der Waals surface area contributed by atoms with Crippen LogP contribution in [0.4, 0.5) is 0 Å². The van der Waals surface area contributed by atoms with Gasteiger partial charge in [-0.25, -0.2) is 9.67 Å². The molecular weight excluding hydrogens is 260 g/mol. The number of aryl methyl sites for hydroxylation is 2. The summed E-state index contributed by atoms with van der Waals surface area (Å²) in [6.07, 6.45) is 0. The van der Waals surface area contributed by atoms with Crippen molar-refractivity contribution in [3.8, 4) is 0 Å². The van der Waals surface area contributed by atoms with E-state index in [-0.39, 0.29) is 6.04 Å². The van der Waals surface area contributed by atoms with Gasteiger partial charge in [-0.05, 0) is 37.4 Å². The van der Waals surface area contributed by atoms with Crippen LogP contribution in [0.3, 0.4) is 0 Å². The Hall–Kier alpha value is -1.68. The highest BCUT2D eigenvalue weighted by Gasteiger charge is 2.14. The minimum Gasteiger partial charge on any atom is -0.309 e. The van der Waals surface area contributed by atoms with Gasteiger partial charge in [-0.3, -0.25) is 0 Å². The molecule has 0 radical (unpaired) electrons. The predicted octanol–water partition coefficient (Wildman–Crippen LogP) is 3.37. The number of nitrogens with one attached hydrogen (secondary N) is 1. The Bertz CT molecular complexity index is 569. The SMILES string of the molecule is CCNC(Cn1nc(C)nc1C)c1ccc(C(C)C)cc1. The highest BCUT2D eigenvalue weighted by Crippen LogP contribution is 2.20. The van der Waals surface area contributed by atoms with E-state index >= 15 is 0 Å². The molecule has 1 heterocycles. The summed E-state index contributed by atoms with van der Waals surface area (Å²) >= 11 is 0. The highest BCUT2D eigenvalue weighted by atomic mass is 15.3. The smallest absolute Gasteiger partial charge is 0.147 e. The summed E-state index contributed by atoms with van der Waals surface area (Å²) in [5, 5.41) is 8.01. The molecule has 0 saturated heterocycles. The van der Waals surface area contributed by atoms with Crippen LogP contribution in [0, 0.1) is 13.8 Å². The molecule has 0 spiro atoms. The second kappa shape index (κ2) is 6.85. The molecule has 1 aromatic carbocycles. The second-order valence-corrected chi connectivity index (χ2v) is 5.82. The lowest BCUT2D eigenvalue weighted by atomic mass is 9.99. The van der Waals surface area contributed by atoms with E-state index in [0.717, 1.165) is 24.7 Å². The van der Waals surface area contributed by atoms with E-state index in [1.165, 1.54) is 11.1 Å². The highest BCUT2D eigenvalue weighted by molar-refractivity contribution is 5.27. The van der Waals surface area contributed by atoms with Gasteiger partial charge in [0.15, 0.2) is 0 Å². The number of benzene rings is 1. The zero-order chi connectivity index (χ0) is 15.4. The van der Waals surface area contributed by atoms with Gasteiger partial charge in [0, 0.05) is 0 Å². The molecule has 1 atom stereocenters. The van der Waals surface area contributed by atoms with E-state index in [0.29, 0.717) is 5.92 Å². The van der Waals surface area contributed by atoms with Gasteiger partial charge >= 0.3 is 0 Å². The summed E-state index contributed by atoms with van der Waals surface area (Å²) in [5.74, 6) is 2.36. The topological polar surface area (TPSA) is 42.7 Å². The van der Waals surface area contributed by atoms with Crippen molar-refractivity contribution in [2.45, 2.75) is 53.1 Å². The Labute approximate surface area is 127 Å². The lowest BCUT2D eigenvalue weighted by Crippen LogP contribution is -2.26. The van der Waals surface area contributed by atoms with Gasteiger partial charge in [-0.15, -0.1) is 0 Å². The third kappa shape index (κ3) is 3.91. The Morgan fingerprint density at radius 3 is 2.19 bits per heavy atom. The average Bonchev–Trinajstić information content (AvgIpc) is 2.76. The zero-order valence-corrected chi connectivity index (χ0v) is 13.7. The quantitative estimate of drug-likeness (QED) is 0.885. The summed E-state index contributed by atoms with van der Waals surface area (Å²) in [6.45, 7) is 12.3. The van der Waals surface area contributed by atoms with Gasteiger partial charge in [-0.1, -0.05) is 45.0 Å². The van der Waals surface area contributed by atoms with Crippen LogP contribution >= 0.6 is 0 Å². The van der Waals surface area contributed by atoms with E-state index in [1.807, 2.05) is 18.5 Å². The molecule has 21 heavy (non-hydrogen) atoms. The predicted molar refractivity (Wildman–Crippen MR) is 86.4 cm³/mol. The Balaban J connectivity index is 2.20.